The fraction of sp³-hybridized carbons (Fsp3) is 0.400. The van der Waals surface area contributed by atoms with Crippen LogP contribution in [0.3, 0.4) is 0 Å². The first kappa shape index (κ1) is 19.7. The first-order valence-corrected chi connectivity index (χ1v) is 7.30. The fourth-order valence-electron chi connectivity index (χ4n) is 2.08. The molecule has 1 heterocycles. The summed E-state index contributed by atoms with van der Waals surface area (Å²) in [7, 11) is 3.14. The Balaban J connectivity index is 0.00000288. The van der Waals surface area contributed by atoms with Crippen LogP contribution in [0.2, 0.25) is 0 Å². The normalized spacial score (nSPS) is 11.3. The molecule has 24 heavy (non-hydrogen) atoms. The predicted octanol–water partition coefficient (Wildman–Crippen LogP) is 1.98. The lowest BCUT2D eigenvalue weighted by Gasteiger charge is -2.08. The molecule has 0 bridgehead atoms. The Bertz CT molecular complexity index is 677. The fourth-order valence-corrected chi connectivity index (χ4v) is 2.08. The first-order valence-electron chi connectivity index (χ1n) is 7.30. The highest BCUT2D eigenvalue weighted by atomic mass is 35.5. The standard InChI is InChI=1S/C15H21N5O3.ClH/c1-4-5-11(16)14(21)18-15-17-13(19-20-15)10-7-6-9(22-2)8-12(10)23-3;/h6-8,11H,4-5,16H2,1-3H3,(H2,17,18,19,20,21);1H. The van der Waals surface area contributed by atoms with E-state index in [1.54, 1.807) is 32.4 Å². The molecule has 1 amide bonds. The van der Waals surface area contributed by atoms with Crippen molar-refractivity contribution in [2.75, 3.05) is 19.5 Å². The number of methoxy groups -OCH3 is 2. The molecule has 0 fully saturated rings. The number of aromatic amines is 1. The van der Waals surface area contributed by atoms with Crippen molar-refractivity contribution in [1.82, 2.24) is 15.2 Å². The van der Waals surface area contributed by atoms with Crippen LogP contribution < -0.4 is 20.5 Å². The number of benzene rings is 1. The molecule has 132 valence electrons. The Morgan fingerprint density at radius 3 is 2.75 bits per heavy atom. The number of nitrogens with two attached hydrogens (primary N) is 1. The maximum Gasteiger partial charge on any atom is 0.249 e. The molecule has 0 spiro atoms. The van der Waals surface area contributed by atoms with Crippen LogP contribution >= 0.6 is 12.4 Å². The minimum Gasteiger partial charge on any atom is -0.497 e. The van der Waals surface area contributed by atoms with Gasteiger partial charge in [-0.05, 0) is 18.6 Å². The SMILES string of the molecule is CCCC(N)C(=O)Nc1n[nH]c(-c2ccc(OC)cc2OC)n1.Cl. The van der Waals surface area contributed by atoms with Crippen molar-refractivity contribution >= 4 is 24.3 Å². The van der Waals surface area contributed by atoms with Gasteiger partial charge in [0.2, 0.25) is 11.9 Å². The number of aromatic nitrogens is 3. The molecule has 0 saturated carbocycles. The summed E-state index contributed by atoms with van der Waals surface area (Å²) in [4.78, 5) is 16.1. The second-order valence-electron chi connectivity index (χ2n) is 4.96. The summed E-state index contributed by atoms with van der Waals surface area (Å²) in [5, 5.41) is 9.35. The van der Waals surface area contributed by atoms with E-state index in [2.05, 4.69) is 20.5 Å². The van der Waals surface area contributed by atoms with Crippen LogP contribution in [0.15, 0.2) is 18.2 Å². The van der Waals surface area contributed by atoms with Crippen molar-refractivity contribution < 1.29 is 14.3 Å². The van der Waals surface area contributed by atoms with Gasteiger partial charge in [0.25, 0.3) is 0 Å². The van der Waals surface area contributed by atoms with Crippen molar-refractivity contribution in [2.24, 2.45) is 5.73 Å². The second kappa shape index (κ2) is 9.09. The van der Waals surface area contributed by atoms with Crippen molar-refractivity contribution in [1.29, 1.82) is 0 Å². The zero-order valence-electron chi connectivity index (χ0n) is 13.8. The average Bonchev–Trinajstić information content (AvgIpc) is 3.02. The zero-order valence-corrected chi connectivity index (χ0v) is 14.6. The number of carbonyl (C=O) groups excluding carboxylic acids is 1. The molecule has 8 nitrogen and oxygen atoms in total. The van der Waals surface area contributed by atoms with Gasteiger partial charge in [0.1, 0.15) is 11.5 Å². The quantitative estimate of drug-likeness (QED) is 0.699. The summed E-state index contributed by atoms with van der Waals surface area (Å²) in [6, 6.07) is 4.76. The monoisotopic (exact) mass is 355 g/mol. The largest absolute Gasteiger partial charge is 0.497 e. The number of carbonyl (C=O) groups is 1. The molecule has 2 rings (SSSR count). The molecule has 4 N–H and O–H groups in total. The van der Waals surface area contributed by atoms with Gasteiger partial charge in [-0.15, -0.1) is 17.5 Å². The minimum atomic E-state index is -0.572. The van der Waals surface area contributed by atoms with Crippen molar-refractivity contribution in [2.45, 2.75) is 25.8 Å². The molecule has 0 aliphatic rings. The number of ether oxygens (including phenoxy) is 2. The Labute approximate surface area is 146 Å². The number of amides is 1. The smallest absolute Gasteiger partial charge is 0.249 e. The van der Waals surface area contributed by atoms with E-state index in [0.29, 0.717) is 29.3 Å². The van der Waals surface area contributed by atoms with Gasteiger partial charge in [-0.25, -0.2) is 0 Å². The summed E-state index contributed by atoms with van der Waals surface area (Å²) < 4.78 is 10.5. The van der Waals surface area contributed by atoms with Crippen LogP contribution in [0.4, 0.5) is 5.95 Å². The van der Waals surface area contributed by atoms with E-state index in [4.69, 9.17) is 15.2 Å². The molecular formula is C15H22ClN5O3. The molecule has 0 saturated heterocycles. The molecule has 0 radical (unpaired) electrons. The van der Waals surface area contributed by atoms with Crippen molar-refractivity contribution in [3.8, 4) is 22.9 Å². The third-order valence-corrected chi connectivity index (χ3v) is 3.32. The predicted molar refractivity (Wildman–Crippen MR) is 93.7 cm³/mol. The second-order valence-corrected chi connectivity index (χ2v) is 4.96. The highest BCUT2D eigenvalue weighted by Gasteiger charge is 2.16. The van der Waals surface area contributed by atoms with Crippen LogP contribution in [0.1, 0.15) is 19.8 Å². The molecule has 1 aromatic carbocycles. The van der Waals surface area contributed by atoms with Crippen molar-refractivity contribution in [3.05, 3.63) is 18.2 Å². The Morgan fingerprint density at radius 2 is 2.12 bits per heavy atom. The number of anilines is 1. The van der Waals surface area contributed by atoms with Gasteiger partial charge in [-0.3, -0.25) is 15.2 Å². The maximum atomic E-state index is 11.9. The van der Waals surface area contributed by atoms with Gasteiger partial charge in [-0.1, -0.05) is 13.3 Å². The first-order chi connectivity index (χ1) is 11.1. The van der Waals surface area contributed by atoms with Crippen LogP contribution in [0, 0.1) is 0 Å². The van der Waals surface area contributed by atoms with E-state index >= 15 is 0 Å². The van der Waals surface area contributed by atoms with Crippen LogP contribution in [-0.4, -0.2) is 41.3 Å². The Morgan fingerprint density at radius 1 is 1.38 bits per heavy atom. The lowest BCUT2D eigenvalue weighted by Crippen LogP contribution is -2.35. The van der Waals surface area contributed by atoms with Gasteiger partial charge in [0.15, 0.2) is 5.82 Å². The molecule has 9 heteroatoms. The van der Waals surface area contributed by atoms with Gasteiger partial charge < -0.3 is 15.2 Å². The summed E-state index contributed by atoms with van der Waals surface area (Å²) in [5.74, 6) is 1.60. The van der Waals surface area contributed by atoms with E-state index in [1.165, 1.54) is 0 Å². The van der Waals surface area contributed by atoms with Crippen LogP contribution in [0.5, 0.6) is 11.5 Å². The van der Waals surface area contributed by atoms with Gasteiger partial charge in [0.05, 0.1) is 25.8 Å². The molecular weight excluding hydrogens is 334 g/mol. The van der Waals surface area contributed by atoms with Crippen molar-refractivity contribution in [3.63, 3.8) is 0 Å². The van der Waals surface area contributed by atoms with Gasteiger partial charge >= 0.3 is 0 Å². The zero-order chi connectivity index (χ0) is 16.8. The van der Waals surface area contributed by atoms with E-state index < -0.39 is 6.04 Å². The number of hydrogen-bond donors (Lipinski definition) is 3. The highest BCUT2D eigenvalue weighted by Crippen LogP contribution is 2.31. The number of nitrogens with zero attached hydrogens (tertiary/aromatic N) is 2. The number of nitrogens with one attached hydrogen (secondary N) is 2. The third-order valence-electron chi connectivity index (χ3n) is 3.32. The maximum absolute atomic E-state index is 11.9. The molecule has 1 aromatic heterocycles. The number of hydrogen-bond acceptors (Lipinski definition) is 6. The Kier molecular flexibility index (Phi) is 7.47. The molecule has 1 atom stereocenters. The van der Waals surface area contributed by atoms with Gasteiger partial charge in [-0.2, -0.15) is 4.98 Å². The minimum absolute atomic E-state index is 0. The molecule has 0 aliphatic carbocycles. The lowest BCUT2D eigenvalue weighted by molar-refractivity contribution is -0.117. The third kappa shape index (κ3) is 4.59. The molecule has 2 aromatic rings. The number of H-pyrrole nitrogens is 1. The summed E-state index contributed by atoms with van der Waals surface area (Å²) >= 11 is 0. The summed E-state index contributed by atoms with van der Waals surface area (Å²) in [6.45, 7) is 1.97. The topological polar surface area (TPSA) is 115 Å². The van der Waals surface area contributed by atoms with E-state index in [0.717, 1.165) is 6.42 Å². The van der Waals surface area contributed by atoms with Gasteiger partial charge in [0, 0.05) is 6.07 Å². The Hall–Kier alpha value is -2.32. The molecule has 1 unspecified atom stereocenters. The number of halogens is 1. The summed E-state index contributed by atoms with van der Waals surface area (Å²) in [6.07, 6.45) is 1.44. The lowest BCUT2D eigenvalue weighted by atomic mass is 10.2. The van der Waals surface area contributed by atoms with Crippen LogP contribution in [0.25, 0.3) is 11.4 Å². The van der Waals surface area contributed by atoms with E-state index in [9.17, 15) is 4.79 Å². The van der Waals surface area contributed by atoms with E-state index in [1.807, 2.05) is 6.92 Å². The van der Waals surface area contributed by atoms with E-state index in [-0.39, 0.29) is 24.3 Å². The average molecular weight is 356 g/mol. The number of rotatable bonds is 7. The van der Waals surface area contributed by atoms with Crippen LogP contribution in [-0.2, 0) is 4.79 Å². The highest BCUT2D eigenvalue weighted by molar-refractivity contribution is 5.93. The molecule has 0 aliphatic heterocycles. The summed E-state index contributed by atoms with van der Waals surface area (Å²) in [5.41, 5.74) is 6.47.